The zero-order valence-corrected chi connectivity index (χ0v) is 10.8. The van der Waals surface area contributed by atoms with Crippen molar-refractivity contribution in [2.24, 2.45) is 0 Å². The van der Waals surface area contributed by atoms with Crippen LogP contribution in [0.5, 0.6) is 0 Å². The van der Waals surface area contributed by atoms with Crippen LogP contribution in [0.15, 0.2) is 39.3 Å². The first-order chi connectivity index (χ1) is 7.79. The van der Waals surface area contributed by atoms with E-state index in [1.165, 1.54) is 6.42 Å². The Kier molecular flexibility index (Phi) is 3.78. The van der Waals surface area contributed by atoms with Gasteiger partial charge in [0.2, 0.25) is 0 Å². The van der Waals surface area contributed by atoms with Gasteiger partial charge in [-0.05, 0) is 25.0 Å². The lowest BCUT2D eigenvalue weighted by molar-refractivity contribution is 0.422. The highest BCUT2D eigenvalue weighted by Crippen LogP contribution is 2.22. The molecule has 0 fully saturated rings. The number of benzene rings is 1. The summed E-state index contributed by atoms with van der Waals surface area (Å²) in [7, 11) is 0. The molecule has 0 spiro atoms. The Balaban J connectivity index is 2.15. The molecule has 2 rings (SSSR count). The minimum atomic E-state index is 0.846. The van der Waals surface area contributed by atoms with Gasteiger partial charge in [-0.15, -0.1) is 0 Å². The molecule has 0 N–H and O–H groups in total. The largest absolute Gasteiger partial charge is 0.356 e. The SMILES string of the molecule is CCCCc1cc(-c2ccc(Br)cc2)on1. The van der Waals surface area contributed by atoms with Gasteiger partial charge in [0.05, 0.1) is 5.69 Å². The van der Waals surface area contributed by atoms with Gasteiger partial charge in [-0.1, -0.05) is 46.6 Å². The highest BCUT2D eigenvalue weighted by Gasteiger charge is 2.05. The maximum atomic E-state index is 5.32. The standard InChI is InChI=1S/C13H14BrNO/c1-2-3-4-12-9-13(16-15-12)10-5-7-11(14)8-6-10/h5-9H,2-4H2,1H3. The summed E-state index contributed by atoms with van der Waals surface area (Å²) in [5.74, 6) is 0.846. The summed E-state index contributed by atoms with van der Waals surface area (Å²) in [6, 6.07) is 10.1. The fraction of sp³-hybridized carbons (Fsp3) is 0.308. The van der Waals surface area contributed by atoms with Crippen LogP contribution in [-0.4, -0.2) is 5.16 Å². The van der Waals surface area contributed by atoms with E-state index in [2.05, 4.69) is 28.0 Å². The summed E-state index contributed by atoms with van der Waals surface area (Å²) in [4.78, 5) is 0. The number of halogens is 1. The molecule has 0 amide bonds. The molecule has 0 aliphatic rings. The Hall–Kier alpha value is -1.09. The van der Waals surface area contributed by atoms with Crippen LogP contribution in [0.3, 0.4) is 0 Å². The molecule has 1 aromatic carbocycles. The van der Waals surface area contributed by atoms with Crippen LogP contribution in [0.25, 0.3) is 11.3 Å². The molecule has 1 heterocycles. The van der Waals surface area contributed by atoms with E-state index >= 15 is 0 Å². The monoisotopic (exact) mass is 279 g/mol. The van der Waals surface area contributed by atoms with Crippen LogP contribution in [0.4, 0.5) is 0 Å². The summed E-state index contributed by atoms with van der Waals surface area (Å²) in [5.41, 5.74) is 2.11. The molecule has 84 valence electrons. The average molecular weight is 280 g/mol. The third-order valence-corrected chi connectivity index (χ3v) is 3.00. The Morgan fingerprint density at radius 3 is 2.69 bits per heavy atom. The van der Waals surface area contributed by atoms with Crippen molar-refractivity contribution in [1.82, 2.24) is 5.16 Å². The van der Waals surface area contributed by atoms with E-state index in [0.717, 1.165) is 34.3 Å². The van der Waals surface area contributed by atoms with Gasteiger partial charge in [-0.25, -0.2) is 0 Å². The smallest absolute Gasteiger partial charge is 0.167 e. The number of unbranched alkanes of at least 4 members (excludes halogenated alkanes) is 1. The van der Waals surface area contributed by atoms with Crippen molar-refractivity contribution in [3.8, 4) is 11.3 Å². The number of aromatic nitrogens is 1. The summed E-state index contributed by atoms with van der Waals surface area (Å²) in [6.07, 6.45) is 3.34. The summed E-state index contributed by atoms with van der Waals surface area (Å²) >= 11 is 3.41. The second-order valence-electron chi connectivity index (χ2n) is 3.79. The zero-order valence-electron chi connectivity index (χ0n) is 9.24. The van der Waals surface area contributed by atoms with Crippen LogP contribution >= 0.6 is 15.9 Å². The number of nitrogens with zero attached hydrogens (tertiary/aromatic N) is 1. The zero-order chi connectivity index (χ0) is 11.4. The second kappa shape index (κ2) is 5.30. The Morgan fingerprint density at radius 1 is 1.25 bits per heavy atom. The van der Waals surface area contributed by atoms with Crippen LogP contribution in [0.2, 0.25) is 0 Å². The van der Waals surface area contributed by atoms with E-state index in [-0.39, 0.29) is 0 Å². The lowest BCUT2D eigenvalue weighted by atomic mass is 10.1. The van der Waals surface area contributed by atoms with Crippen LogP contribution in [0, 0.1) is 0 Å². The lowest BCUT2D eigenvalue weighted by Gasteiger charge is -1.94. The van der Waals surface area contributed by atoms with E-state index in [4.69, 9.17) is 4.52 Å². The van der Waals surface area contributed by atoms with Crippen molar-refractivity contribution in [3.05, 3.63) is 40.5 Å². The van der Waals surface area contributed by atoms with Crippen LogP contribution in [0.1, 0.15) is 25.5 Å². The molecule has 0 bridgehead atoms. The van der Waals surface area contributed by atoms with E-state index in [0.29, 0.717) is 0 Å². The second-order valence-corrected chi connectivity index (χ2v) is 4.71. The first-order valence-electron chi connectivity index (χ1n) is 5.51. The quantitative estimate of drug-likeness (QED) is 0.827. The molecular weight excluding hydrogens is 266 g/mol. The predicted octanol–water partition coefficient (Wildman–Crippen LogP) is 4.45. The van der Waals surface area contributed by atoms with Crippen LogP contribution < -0.4 is 0 Å². The number of hydrogen-bond donors (Lipinski definition) is 0. The van der Waals surface area contributed by atoms with E-state index in [1.807, 2.05) is 30.3 Å². The topological polar surface area (TPSA) is 26.0 Å². The van der Waals surface area contributed by atoms with E-state index in [1.54, 1.807) is 0 Å². The van der Waals surface area contributed by atoms with Gasteiger partial charge in [0.15, 0.2) is 5.76 Å². The molecule has 2 nitrogen and oxygen atoms in total. The van der Waals surface area contributed by atoms with Gasteiger partial charge >= 0.3 is 0 Å². The minimum absolute atomic E-state index is 0.846. The first-order valence-corrected chi connectivity index (χ1v) is 6.30. The van der Waals surface area contributed by atoms with Gasteiger partial charge < -0.3 is 4.52 Å². The van der Waals surface area contributed by atoms with Crippen molar-refractivity contribution in [2.45, 2.75) is 26.2 Å². The van der Waals surface area contributed by atoms with E-state index in [9.17, 15) is 0 Å². The fourth-order valence-electron chi connectivity index (χ4n) is 1.54. The van der Waals surface area contributed by atoms with Crippen molar-refractivity contribution < 1.29 is 4.52 Å². The van der Waals surface area contributed by atoms with Crippen LogP contribution in [-0.2, 0) is 6.42 Å². The van der Waals surface area contributed by atoms with Crippen molar-refractivity contribution in [2.75, 3.05) is 0 Å². The molecular formula is C13H14BrNO. The Morgan fingerprint density at radius 2 is 2.00 bits per heavy atom. The van der Waals surface area contributed by atoms with E-state index < -0.39 is 0 Å². The lowest BCUT2D eigenvalue weighted by Crippen LogP contribution is -1.82. The molecule has 0 aliphatic heterocycles. The predicted molar refractivity (Wildman–Crippen MR) is 68.3 cm³/mol. The minimum Gasteiger partial charge on any atom is -0.356 e. The molecule has 0 atom stereocenters. The third kappa shape index (κ3) is 2.73. The highest BCUT2D eigenvalue weighted by molar-refractivity contribution is 9.10. The number of rotatable bonds is 4. The maximum absolute atomic E-state index is 5.32. The molecule has 0 saturated heterocycles. The third-order valence-electron chi connectivity index (χ3n) is 2.47. The maximum Gasteiger partial charge on any atom is 0.167 e. The molecule has 2 aromatic rings. The van der Waals surface area contributed by atoms with Gasteiger partial charge in [0.1, 0.15) is 0 Å². The molecule has 0 saturated carbocycles. The molecule has 16 heavy (non-hydrogen) atoms. The van der Waals surface area contributed by atoms with Crippen molar-refractivity contribution in [3.63, 3.8) is 0 Å². The summed E-state index contributed by atoms with van der Waals surface area (Å²) in [5, 5.41) is 4.07. The van der Waals surface area contributed by atoms with Gasteiger partial charge in [-0.3, -0.25) is 0 Å². The van der Waals surface area contributed by atoms with Crippen molar-refractivity contribution >= 4 is 15.9 Å². The first kappa shape index (κ1) is 11.4. The highest BCUT2D eigenvalue weighted by atomic mass is 79.9. The Labute approximate surface area is 104 Å². The average Bonchev–Trinajstić information content (AvgIpc) is 2.76. The summed E-state index contributed by atoms with van der Waals surface area (Å²) in [6.45, 7) is 2.18. The molecule has 0 aliphatic carbocycles. The molecule has 0 radical (unpaired) electrons. The molecule has 3 heteroatoms. The van der Waals surface area contributed by atoms with Gasteiger partial charge in [0.25, 0.3) is 0 Å². The van der Waals surface area contributed by atoms with Gasteiger partial charge in [0, 0.05) is 16.1 Å². The van der Waals surface area contributed by atoms with Crippen molar-refractivity contribution in [1.29, 1.82) is 0 Å². The summed E-state index contributed by atoms with van der Waals surface area (Å²) < 4.78 is 6.39. The number of hydrogen-bond acceptors (Lipinski definition) is 2. The molecule has 1 aromatic heterocycles. The van der Waals surface area contributed by atoms with Gasteiger partial charge in [-0.2, -0.15) is 0 Å². The normalized spacial score (nSPS) is 10.6. The fourth-order valence-corrected chi connectivity index (χ4v) is 1.80. The number of aryl methyl sites for hydroxylation is 1. The molecule has 0 unspecified atom stereocenters. The Bertz CT molecular complexity index is 447.